The lowest BCUT2D eigenvalue weighted by atomic mass is 10.2. The van der Waals surface area contributed by atoms with Crippen molar-refractivity contribution in [3.05, 3.63) is 45.9 Å². The van der Waals surface area contributed by atoms with Crippen LogP contribution in [0.4, 0.5) is 0 Å². The molecule has 1 heterocycles. The number of thiazole rings is 1. The van der Waals surface area contributed by atoms with Crippen molar-refractivity contribution in [3.8, 4) is 5.75 Å². The Bertz CT molecular complexity index is 745. The molecule has 26 heavy (non-hydrogen) atoms. The Hall–Kier alpha value is -2.61. The van der Waals surface area contributed by atoms with Crippen LogP contribution in [0.5, 0.6) is 5.75 Å². The summed E-state index contributed by atoms with van der Waals surface area (Å²) in [5, 5.41) is 19.7. The van der Waals surface area contributed by atoms with Crippen LogP contribution in [0.25, 0.3) is 0 Å². The summed E-state index contributed by atoms with van der Waals surface area (Å²) in [5.41, 5.74) is 0.451. The number of benzene rings is 1. The van der Waals surface area contributed by atoms with Gasteiger partial charge in [-0.25, -0.2) is 9.98 Å². The molecule has 0 bridgehead atoms. The van der Waals surface area contributed by atoms with Crippen molar-refractivity contribution in [3.63, 3.8) is 0 Å². The van der Waals surface area contributed by atoms with Gasteiger partial charge in [-0.3, -0.25) is 4.79 Å². The molecule has 2 aromatic rings. The van der Waals surface area contributed by atoms with Gasteiger partial charge in [0.2, 0.25) is 0 Å². The molecule has 140 valence electrons. The number of aryl methyl sites for hydroxylation is 1. The molecule has 8 heteroatoms. The predicted molar refractivity (Wildman–Crippen MR) is 105 cm³/mol. The van der Waals surface area contributed by atoms with Crippen LogP contribution in [-0.2, 0) is 6.54 Å². The summed E-state index contributed by atoms with van der Waals surface area (Å²) in [4.78, 5) is 22.0. The first kappa shape index (κ1) is 19.7. The third-order valence-corrected chi connectivity index (χ3v) is 4.32. The van der Waals surface area contributed by atoms with E-state index >= 15 is 0 Å². The van der Waals surface area contributed by atoms with Gasteiger partial charge in [0.05, 0.1) is 6.54 Å². The molecule has 0 aliphatic carbocycles. The summed E-state index contributed by atoms with van der Waals surface area (Å²) in [5.74, 6) is 0.626. The van der Waals surface area contributed by atoms with Crippen LogP contribution in [0, 0.1) is 6.92 Å². The molecule has 0 radical (unpaired) electrons. The fraction of sp³-hybridized carbons (Fsp3) is 0.389. The van der Waals surface area contributed by atoms with E-state index in [9.17, 15) is 9.90 Å². The lowest BCUT2D eigenvalue weighted by Crippen LogP contribution is -2.38. The number of aliphatic imine (C=N–C) groups is 1. The maximum atomic E-state index is 12.0. The molecule has 0 saturated heterocycles. The van der Waals surface area contributed by atoms with Gasteiger partial charge < -0.3 is 21.1 Å². The second kappa shape index (κ2) is 10.4. The molecule has 1 aromatic carbocycles. The molecule has 0 aliphatic heterocycles. The Labute approximate surface area is 157 Å². The molecule has 0 saturated carbocycles. The monoisotopic (exact) mass is 375 g/mol. The normalized spacial score (nSPS) is 11.2. The van der Waals surface area contributed by atoms with Gasteiger partial charge >= 0.3 is 0 Å². The summed E-state index contributed by atoms with van der Waals surface area (Å²) < 4.78 is 0. The number of guanidine groups is 1. The highest BCUT2D eigenvalue weighted by Gasteiger charge is 2.05. The van der Waals surface area contributed by atoms with Gasteiger partial charge in [0.25, 0.3) is 5.91 Å². The maximum Gasteiger partial charge on any atom is 0.251 e. The molecule has 1 aromatic heterocycles. The molecule has 0 fully saturated rings. The number of phenolic OH excluding ortho intramolecular Hbond substituents is 1. The Kier molecular flexibility index (Phi) is 7.88. The SMILES string of the molecule is CCNC(=NCc1ncc(C)s1)NCCCNC(=O)c1cccc(O)c1. The zero-order chi connectivity index (χ0) is 18.8. The number of rotatable bonds is 8. The summed E-state index contributed by atoms with van der Waals surface area (Å²) >= 11 is 1.64. The lowest BCUT2D eigenvalue weighted by molar-refractivity contribution is 0.0953. The van der Waals surface area contributed by atoms with Gasteiger partial charge in [0.15, 0.2) is 5.96 Å². The van der Waals surface area contributed by atoms with Crippen molar-refractivity contribution >= 4 is 23.2 Å². The minimum absolute atomic E-state index is 0.0845. The minimum atomic E-state index is -0.194. The van der Waals surface area contributed by atoms with E-state index in [0.717, 1.165) is 23.9 Å². The Morgan fingerprint density at radius 2 is 2.08 bits per heavy atom. The number of phenols is 1. The molecule has 7 nitrogen and oxygen atoms in total. The summed E-state index contributed by atoms with van der Waals surface area (Å²) in [6, 6.07) is 6.30. The van der Waals surface area contributed by atoms with E-state index in [-0.39, 0.29) is 11.7 Å². The Morgan fingerprint density at radius 1 is 1.27 bits per heavy atom. The first-order chi connectivity index (χ1) is 12.6. The average Bonchev–Trinajstić information content (AvgIpc) is 3.04. The van der Waals surface area contributed by atoms with Crippen molar-refractivity contribution < 1.29 is 9.90 Å². The van der Waals surface area contributed by atoms with E-state index in [1.165, 1.54) is 17.0 Å². The number of carbonyl (C=O) groups excluding carboxylic acids is 1. The number of nitrogens with one attached hydrogen (secondary N) is 3. The third kappa shape index (κ3) is 6.72. The van der Waals surface area contributed by atoms with Gasteiger partial charge in [0, 0.05) is 36.3 Å². The molecule has 0 atom stereocenters. The number of nitrogens with zero attached hydrogens (tertiary/aromatic N) is 2. The zero-order valence-corrected chi connectivity index (χ0v) is 15.9. The second-order valence-corrected chi connectivity index (χ2v) is 6.97. The highest BCUT2D eigenvalue weighted by molar-refractivity contribution is 7.11. The Morgan fingerprint density at radius 3 is 2.77 bits per heavy atom. The number of hydrogen-bond acceptors (Lipinski definition) is 5. The first-order valence-corrected chi connectivity index (χ1v) is 9.41. The van der Waals surface area contributed by atoms with Crippen molar-refractivity contribution in [1.29, 1.82) is 0 Å². The van der Waals surface area contributed by atoms with Crippen LogP contribution in [0.15, 0.2) is 35.5 Å². The lowest BCUT2D eigenvalue weighted by Gasteiger charge is -2.11. The van der Waals surface area contributed by atoms with Crippen LogP contribution in [0.2, 0.25) is 0 Å². The van der Waals surface area contributed by atoms with Crippen LogP contribution in [0.3, 0.4) is 0 Å². The van der Waals surface area contributed by atoms with E-state index in [4.69, 9.17) is 0 Å². The smallest absolute Gasteiger partial charge is 0.251 e. The molecular weight excluding hydrogens is 350 g/mol. The topological polar surface area (TPSA) is 98.6 Å². The Balaban J connectivity index is 1.71. The average molecular weight is 375 g/mol. The van der Waals surface area contributed by atoms with Crippen LogP contribution < -0.4 is 16.0 Å². The van der Waals surface area contributed by atoms with E-state index < -0.39 is 0 Å². The molecule has 0 spiro atoms. The summed E-state index contributed by atoms with van der Waals surface area (Å²) in [7, 11) is 0. The molecule has 0 unspecified atom stereocenters. The van der Waals surface area contributed by atoms with E-state index in [1.807, 2.05) is 20.0 Å². The summed E-state index contributed by atoms with van der Waals surface area (Å²) in [6.07, 6.45) is 2.61. The number of aromatic hydroxyl groups is 1. The van der Waals surface area contributed by atoms with E-state index in [2.05, 4.69) is 25.9 Å². The molecule has 0 aliphatic rings. The predicted octanol–water partition coefficient (Wildman–Crippen LogP) is 2.03. The number of hydrogen-bond donors (Lipinski definition) is 4. The zero-order valence-electron chi connectivity index (χ0n) is 15.1. The van der Waals surface area contributed by atoms with Gasteiger partial charge in [0.1, 0.15) is 10.8 Å². The maximum absolute atomic E-state index is 12.0. The molecule has 4 N–H and O–H groups in total. The van der Waals surface area contributed by atoms with E-state index in [0.29, 0.717) is 25.2 Å². The number of carbonyl (C=O) groups is 1. The van der Waals surface area contributed by atoms with Gasteiger partial charge in [-0.2, -0.15) is 0 Å². The van der Waals surface area contributed by atoms with Crippen molar-refractivity contribution in [2.24, 2.45) is 4.99 Å². The highest BCUT2D eigenvalue weighted by atomic mass is 32.1. The fourth-order valence-corrected chi connectivity index (χ4v) is 2.92. The summed E-state index contributed by atoms with van der Waals surface area (Å²) in [6.45, 7) is 6.58. The fourth-order valence-electron chi connectivity index (χ4n) is 2.21. The first-order valence-electron chi connectivity index (χ1n) is 8.59. The highest BCUT2D eigenvalue weighted by Crippen LogP contribution is 2.12. The van der Waals surface area contributed by atoms with Crippen molar-refractivity contribution in [2.75, 3.05) is 19.6 Å². The number of aromatic nitrogens is 1. The molecular formula is C18H25N5O2S. The quantitative estimate of drug-likeness (QED) is 0.321. The van der Waals surface area contributed by atoms with E-state index in [1.54, 1.807) is 23.5 Å². The number of amides is 1. The second-order valence-electron chi connectivity index (χ2n) is 5.65. The minimum Gasteiger partial charge on any atom is -0.508 e. The van der Waals surface area contributed by atoms with Gasteiger partial charge in [-0.15, -0.1) is 11.3 Å². The van der Waals surface area contributed by atoms with Crippen LogP contribution in [-0.4, -0.2) is 41.6 Å². The standard InChI is InChI=1S/C18H25N5O2S/c1-3-19-18(23-12-16-22-11-13(2)26-16)21-9-5-8-20-17(25)14-6-4-7-15(24)10-14/h4,6-7,10-11,24H,3,5,8-9,12H2,1-2H3,(H,20,25)(H2,19,21,23). The largest absolute Gasteiger partial charge is 0.508 e. The molecule has 2 rings (SSSR count). The molecule has 1 amide bonds. The van der Waals surface area contributed by atoms with Gasteiger partial charge in [-0.05, 0) is 38.5 Å². The third-order valence-electron chi connectivity index (χ3n) is 3.43. The van der Waals surface area contributed by atoms with Gasteiger partial charge in [-0.1, -0.05) is 6.07 Å². The van der Waals surface area contributed by atoms with Crippen LogP contribution >= 0.6 is 11.3 Å². The van der Waals surface area contributed by atoms with Crippen LogP contribution in [0.1, 0.15) is 33.6 Å². The van der Waals surface area contributed by atoms with Crippen molar-refractivity contribution in [2.45, 2.75) is 26.8 Å². The van der Waals surface area contributed by atoms with Crippen molar-refractivity contribution in [1.82, 2.24) is 20.9 Å².